The largest absolute Gasteiger partial charge is 0.547 e. The van der Waals surface area contributed by atoms with Gasteiger partial charge in [0.25, 0.3) is 5.56 Å². The highest BCUT2D eigenvalue weighted by Gasteiger charge is 2.23. The molecule has 0 aliphatic carbocycles. The molecule has 158 valence electrons. The van der Waals surface area contributed by atoms with Crippen LogP contribution in [-0.4, -0.2) is 30.5 Å². The van der Waals surface area contributed by atoms with Gasteiger partial charge in [0.05, 0.1) is 5.69 Å². The molecule has 0 saturated carbocycles. The Kier molecular flexibility index (Phi) is 6.42. The summed E-state index contributed by atoms with van der Waals surface area (Å²) in [6.45, 7) is 17.7. The van der Waals surface area contributed by atoms with Gasteiger partial charge in [-0.25, -0.2) is 4.79 Å². The van der Waals surface area contributed by atoms with E-state index in [1.165, 1.54) is 6.07 Å². The third kappa shape index (κ3) is 5.79. The number of hydrogen-bond acceptors (Lipinski definition) is 5. The van der Waals surface area contributed by atoms with Gasteiger partial charge in [-0.05, 0) is 69.5 Å². The van der Waals surface area contributed by atoms with E-state index in [-0.39, 0.29) is 5.41 Å². The van der Waals surface area contributed by atoms with Gasteiger partial charge < -0.3 is 9.16 Å². The minimum Gasteiger partial charge on any atom is -0.547 e. The Labute approximate surface area is 174 Å². The Bertz CT molecular complexity index is 966. The number of carbonyl (C=O) groups excluding carboxylic acids is 1. The fourth-order valence-electron chi connectivity index (χ4n) is 2.78. The van der Waals surface area contributed by atoms with Gasteiger partial charge in [0.15, 0.2) is 0 Å². The van der Waals surface area contributed by atoms with Crippen molar-refractivity contribution in [3.8, 4) is 17.0 Å². The topological polar surface area (TPSA) is 70.4 Å². The van der Waals surface area contributed by atoms with Crippen molar-refractivity contribution in [3.05, 3.63) is 45.7 Å². The molecule has 1 heterocycles. The van der Waals surface area contributed by atoms with Gasteiger partial charge in [-0.15, -0.1) is 4.68 Å². The molecular formula is C22H32N2O4Si. The van der Waals surface area contributed by atoms with Crippen LogP contribution in [0.2, 0.25) is 13.1 Å². The van der Waals surface area contributed by atoms with Crippen LogP contribution >= 0.6 is 0 Å². The van der Waals surface area contributed by atoms with Crippen LogP contribution < -0.4 is 9.99 Å². The van der Waals surface area contributed by atoms with E-state index in [1.54, 1.807) is 27.7 Å². The monoisotopic (exact) mass is 416 g/mol. The van der Waals surface area contributed by atoms with Crippen molar-refractivity contribution in [3.63, 3.8) is 0 Å². The van der Waals surface area contributed by atoms with E-state index in [9.17, 15) is 9.59 Å². The second-order valence-electron chi connectivity index (χ2n) is 9.53. The summed E-state index contributed by atoms with van der Waals surface area (Å²) < 4.78 is 12.3. The van der Waals surface area contributed by atoms with E-state index in [0.29, 0.717) is 11.3 Å². The molecule has 0 fully saturated rings. The first kappa shape index (κ1) is 22.9. The molecule has 0 N–H and O–H groups in total. The average Bonchev–Trinajstić information content (AvgIpc) is 2.52. The molecule has 0 radical (unpaired) electrons. The summed E-state index contributed by atoms with van der Waals surface area (Å²) in [4.78, 5) is 24.9. The Hall–Kier alpha value is -2.41. The van der Waals surface area contributed by atoms with Crippen molar-refractivity contribution in [1.82, 2.24) is 9.78 Å². The number of aromatic nitrogens is 2. The standard InChI is InChI=1S/C22H32N2O4Si/c1-14-12-18(25)24(20(26)27-22(5,6)7)23-19(14)16-11-10-15(21(2,3)4)13-17(16)28-29(8)9/h10-13,29H,1-9H3. The summed E-state index contributed by atoms with van der Waals surface area (Å²) in [6, 6.07) is 7.42. The summed E-state index contributed by atoms with van der Waals surface area (Å²) in [5, 5.41) is 4.35. The van der Waals surface area contributed by atoms with Gasteiger partial charge in [-0.1, -0.05) is 26.8 Å². The number of carbonyl (C=O) groups is 1. The molecule has 0 aliphatic heterocycles. The molecule has 1 aromatic heterocycles. The van der Waals surface area contributed by atoms with Crippen LogP contribution in [0.5, 0.6) is 5.75 Å². The van der Waals surface area contributed by atoms with Crippen molar-refractivity contribution < 1.29 is 14.0 Å². The van der Waals surface area contributed by atoms with E-state index in [2.05, 4.69) is 39.0 Å². The number of rotatable bonds is 3. The highest BCUT2D eigenvalue weighted by molar-refractivity contribution is 6.49. The molecule has 6 nitrogen and oxygen atoms in total. The highest BCUT2D eigenvalue weighted by Crippen LogP contribution is 2.35. The van der Waals surface area contributed by atoms with Crippen molar-refractivity contribution in [2.45, 2.75) is 72.6 Å². The van der Waals surface area contributed by atoms with E-state index >= 15 is 0 Å². The molecule has 0 saturated heterocycles. The van der Waals surface area contributed by atoms with Crippen LogP contribution in [0.15, 0.2) is 29.1 Å². The summed E-state index contributed by atoms with van der Waals surface area (Å²) in [5.41, 5.74) is 1.82. The fraction of sp³-hybridized carbons (Fsp3) is 0.500. The first-order valence-electron chi connectivity index (χ1n) is 9.85. The molecule has 0 aliphatic rings. The quantitative estimate of drug-likeness (QED) is 0.681. The number of aryl methyl sites for hydroxylation is 1. The maximum Gasteiger partial charge on any atom is 0.438 e. The number of nitrogens with zero attached hydrogens (tertiary/aromatic N) is 2. The molecule has 2 aromatic rings. The number of benzene rings is 1. The summed E-state index contributed by atoms with van der Waals surface area (Å²) in [6.07, 6.45) is -0.796. The summed E-state index contributed by atoms with van der Waals surface area (Å²) in [7, 11) is -1.40. The minimum absolute atomic E-state index is 0.0348. The maximum absolute atomic E-state index is 12.5. The number of ether oxygens (including phenoxy) is 1. The molecule has 29 heavy (non-hydrogen) atoms. The lowest BCUT2D eigenvalue weighted by atomic mass is 9.86. The van der Waals surface area contributed by atoms with Crippen molar-refractivity contribution >= 4 is 15.1 Å². The van der Waals surface area contributed by atoms with Crippen LogP contribution in [0.4, 0.5) is 4.79 Å². The predicted molar refractivity (Wildman–Crippen MR) is 119 cm³/mol. The molecule has 0 amide bonds. The van der Waals surface area contributed by atoms with Crippen LogP contribution in [0.3, 0.4) is 0 Å². The zero-order chi connectivity index (χ0) is 22.1. The lowest BCUT2D eigenvalue weighted by Gasteiger charge is -2.23. The van der Waals surface area contributed by atoms with Gasteiger partial charge in [0, 0.05) is 11.6 Å². The molecule has 0 unspecified atom stereocenters. The predicted octanol–water partition coefficient (Wildman–Crippen LogP) is 4.66. The van der Waals surface area contributed by atoms with E-state index < -0.39 is 26.3 Å². The molecule has 2 rings (SSSR count). The van der Waals surface area contributed by atoms with Gasteiger partial charge in [-0.2, -0.15) is 5.10 Å². The Morgan fingerprint density at radius 2 is 1.69 bits per heavy atom. The minimum atomic E-state index is -1.40. The zero-order valence-corrected chi connectivity index (χ0v) is 20.1. The van der Waals surface area contributed by atoms with E-state index in [0.717, 1.165) is 21.6 Å². The lowest BCUT2D eigenvalue weighted by molar-refractivity contribution is 0.0506. The number of hydrogen-bond donors (Lipinski definition) is 0. The molecule has 1 aromatic carbocycles. The lowest BCUT2D eigenvalue weighted by Crippen LogP contribution is -2.35. The SMILES string of the molecule is Cc1cc(=O)n(C(=O)OC(C)(C)C)nc1-c1ccc(C(C)(C)C)cc1O[SiH](C)C. The Morgan fingerprint density at radius 1 is 1.07 bits per heavy atom. The second-order valence-corrected chi connectivity index (χ2v) is 11.9. The third-order valence-electron chi connectivity index (χ3n) is 4.15. The first-order valence-corrected chi connectivity index (χ1v) is 12.6. The molecule has 0 atom stereocenters. The normalized spacial score (nSPS) is 12.2. The van der Waals surface area contributed by atoms with E-state index in [4.69, 9.17) is 9.16 Å². The molecule has 0 bridgehead atoms. The first-order chi connectivity index (χ1) is 13.2. The highest BCUT2D eigenvalue weighted by atomic mass is 28.3. The van der Waals surface area contributed by atoms with Crippen molar-refractivity contribution in [2.24, 2.45) is 0 Å². The van der Waals surface area contributed by atoms with Crippen molar-refractivity contribution in [2.75, 3.05) is 0 Å². The van der Waals surface area contributed by atoms with E-state index in [1.807, 2.05) is 18.2 Å². The van der Waals surface area contributed by atoms with Gasteiger partial charge in [0.2, 0.25) is 9.04 Å². The molecule has 0 spiro atoms. The average molecular weight is 417 g/mol. The summed E-state index contributed by atoms with van der Waals surface area (Å²) in [5.74, 6) is 0.726. The zero-order valence-electron chi connectivity index (χ0n) is 18.9. The van der Waals surface area contributed by atoms with Crippen LogP contribution in [0, 0.1) is 6.92 Å². The van der Waals surface area contributed by atoms with Gasteiger partial charge in [-0.3, -0.25) is 4.79 Å². The maximum atomic E-state index is 12.5. The third-order valence-corrected chi connectivity index (χ3v) is 4.88. The second kappa shape index (κ2) is 8.14. The molecular weight excluding hydrogens is 384 g/mol. The fourth-order valence-corrected chi connectivity index (χ4v) is 3.48. The van der Waals surface area contributed by atoms with Gasteiger partial charge in [0.1, 0.15) is 11.4 Å². The van der Waals surface area contributed by atoms with Crippen LogP contribution in [-0.2, 0) is 10.2 Å². The Morgan fingerprint density at radius 3 is 2.21 bits per heavy atom. The Balaban J connectivity index is 2.65. The van der Waals surface area contributed by atoms with Crippen LogP contribution in [0.1, 0.15) is 52.7 Å². The van der Waals surface area contributed by atoms with Crippen LogP contribution in [0.25, 0.3) is 11.3 Å². The molecule has 7 heteroatoms. The summed E-state index contributed by atoms with van der Waals surface area (Å²) >= 11 is 0. The smallest absolute Gasteiger partial charge is 0.438 e. The van der Waals surface area contributed by atoms with Gasteiger partial charge >= 0.3 is 6.09 Å². The van der Waals surface area contributed by atoms with Crippen molar-refractivity contribution in [1.29, 1.82) is 0 Å².